The van der Waals surface area contributed by atoms with Crippen LogP contribution in [-0.2, 0) is 4.74 Å². The number of ether oxygens (including phenoxy) is 2. The third-order valence-electron chi connectivity index (χ3n) is 4.37. The van der Waals surface area contributed by atoms with Gasteiger partial charge in [-0.25, -0.2) is 0 Å². The van der Waals surface area contributed by atoms with E-state index in [9.17, 15) is 0 Å². The molecule has 0 aliphatic carbocycles. The van der Waals surface area contributed by atoms with Crippen LogP contribution >= 0.6 is 0 Å². The summed E-state index contributed by atoms with van der Waals surface area (Å²) in [7, 11) is 0. The molecule has 1 N–H and O–H groups in total. The second-order valence-corrected chi connectivity index (χ2v) is 6.30. The van der Waals surface area contributed by atoms with Crippen LogP contribution < -0.4 is 4.74 Å². The van der Waals surface area contributed by atoms with Gasteiger partial charge in [0, 0.05) is 18.4 Å². The molecule has 1 aliphatic rings. The zero-order chi connectivity index (χ0) is 16.5. The van der Waals surface area contributed by atoms with Crippen LogP contribution in [0.25, 0.3) is 22.3 Å². The highest BCUT2D eigenvalue weighted by molar-refractivity contribution is 5.92. The Morgan fingerprint density at radius 1 is 1.21 bits per heavy atom. The molecule has 126 valence electrons. The molecule has 0 unspecified atom stereocenters. The first-order valence-corrected chi connectivity index (χ1v) is 8.35. The molecular weight excluding hydrogens is 306 g/mol. The molecule has 0 spiro atoms. The molecule has 0 radical (unpaired) electrons. The van der Waals surface area contributed by atoms with Crippen LogP contribution in [0.15, 0.2) is 24.4 Å². The highest BCUT2D eigenvalue weighted by Gasteiger charge is 2.16. The van der Waals surface area contributed by atoms with Crippen molar-refractivity contribution in [2.24, 2.45) is 0 Å². The predicted octanol–water partition coefficient (Wildman–Crippen LogP) is 2.96. The van der Waals surface area contributed by atoms with Gasteiger partial charge in [0.1, 0.15) is 17.1 Å². The summed E-state index contributed by atoms with van der Waals surface area (Å²) < 4.78 is 11.7. The van der Waals surface area contributed by atoms with Gasteiger partial charge in [-0.15, -0.1) is 0 Å². The van der Waals surface area contributed by atoms with E-state index in [1.807, 2.05) is 18.2 Å². The minimum Gasteiger partial charge on any atom is -0.491 e. The Bertz CT molecular complexity index is 840. The molecule has 2 aromatic heterocycles. The van der Waals surface area contributed by atoms with Gasteiger partial charge >= 0.3 is 0 Å². The van der Waals surface area contributed by atoms with E-state index >= 15 is 0 Å². The van der Waals surface area contributed by atoms with Crippen LogP contribution in [0.3, 0.4) is 0 Å². The summed E-state index contributed by atoms with van der Waals surface area (Å²) in [5.41, 5.74) is 2.52. The van der Waals surface area contributed by atoms with Crippen molar-refractivity contribution in [3.05, 3.63) is 24.4 Å². The van der Waals surface area contributed by atoms with Crippen molar-refractivity contribution in [1.82, 2.24) is 25.2 Å². The molecule has 4 rings (SSSR count). The fraction of sp³-hybridized carbons (Fsp3) is 0.471. The molecule has 1 aliphatic heterocycles. The largest absolute Gasteiger partial charge is 0.491 e. The Hall–Kier alpha value is -2.41. The molecular formula is C17H21N5O2. The molecule has 4 bridgehead atoms. The number of hydrogen-bond acceptors (Lipinski definition) is 5. The first kappa shape index (κ1) is 15.1. The van der Waals surface area contributed by atoms with E-state index in [0.29, 0.717) is 13.2 Å². The molecule has 0 fully saturated rings. The zero-order valence-electron chi connectivity index (χ0n) is 13.9. The number of rotatable bonds is 0. The van der Waals surface area contributed by atoms with Crippen molar-refractivity contribution in [2.75, 3.05) is 13.2 Å². The van der Waals surface area contributed by atoms with Gasteiger partial charge in [-0.3, -0.25) is 5.10 Å². The lowest BCUT2D eigenvalue weighted by Gasteiger charge is -2.15. The Morgan fingerprint density at radius 3 is 3.00 bits per heavy atom. The Balaban J connectivity index is 1.78. The SMILES string of the molecule is C[C@@H]1CCOCC[C@H](C)n2ncc(n2)-c2n[nH]c3ccc(cc23)O1. The van der Waals surface area contributed by atoms with E-state index in [1.165, 1.54) is 0 Å². The average molecular weight is 327 g/mol. The number of fused-ring (bicyclic) bond motifs is 4. The molecule has 7 nitrogen and oxygen atoms in total. The van der Waals surface area contributed by atoms with E-state index in [1.54, 1.807) is 11.0 Å². The van der Waals surface area contributed by atoms with Crippen molar-refractivity contribution in [3.63, 3.8) is 0 Å². The van der Waals surface area contributed by atoms with Crippen LogP contribution in [0.2, 0.25) is 0 Å². The van der Waals surface area contributed by atoms with Gasteiger partial charge in [0.05, 0.1) is 30.5 Å². The highest BCUT2D eigenvalue weighted by atomic mass is 16.5. The minimum absolute atomic E-state index is 0.0967. The second-order valence-electron chi connectivity index (χ2n) is 6.30. The number of hydrogen-bond donors (Lipinski definition) is 1. The molecule has 7 heteroatoms. The maximum absolute atomic E-state index is 6.02. The standard InChI is InChI=1S/C17H21N5O2/c1-11-5-7-23-8-6-12(2)24-13-3-4-15-14(9-13)17(20-19-15)16-10-18-22(11)21-16/h3-4,9-12H,5-8H2,1-2H3,(H,19,20)/t11-,12+/m0/s1. The maximum atomic E-state index is 6.02. The van der Waals surface area contributed by atoms with Crippen LogP contribution in [0, 0.1) is 0 Å². The summed E-state index contributed by atoms with van der Waals surface area (Å²) in [6.45, 7) is 5.53. The summed E-state index contributed by atoms with van der Waals surface area (Å²) in [5, 5.41) is 17.4. The summed E-state index contributed by atoms with van der Waals surface area (Å²) in [6, 6.07) is 6.13. The smallest absolute Gasteiger partial charge is 0.133 e. The van der Waals surface area contributed by atoms with Crippen molar-refractivity contribution in [2.45, 2.75) is 38.8 Å². The molecule has 0 amide bonds. The fourth-order valence-corrected chi connectivity index (χ4v) is 2.87. The molecule has 3 aromatic rings. The number of aromatic nitrogens is 5. The van der Waals surface area contributed by atoms with Crippen molar-refractivity contribution in [3.8, 4) is 17.1 Å². The van der Waals surface area contributed by atoms with Gasteiger partial charge in [-0.2, -0.15) is 20.1 Å². The van der Waals surface area contributed by atoms with Crippen molar-refractivity contribution in [1.29, 1.82) is 0 Å². The molecule has 3 heterocycles. The van der Waals surface area contributed by atoms with Crippen LogP contribution in [0.5, 0.6) is 5.75 Å². The highest BCUT2D eigenvalue weighted by Crippen LogP contribution is 2.29. The quantitative estimate of drug-likeness (QED) is 0.687. The molecule has 24 heavy (non-hydrogen) atoms. The predicted molar refractivity (Wildman–Crippen MR) is 90.0 cm³/mol. The Morgan fingerprint density at radius 2 is 2.08 bits per heavy atom. The molecule has 0 saturated heterocycles. The van der Waals surface area contributed by atoms with Gasteiger partial charge in [0.15, 0.2) is 0 Å². The van der Waals surface area contributed by atoms with Gasteiger partial charge in [-0.05, 0) is 38.5 Å². The Labute approximate surface area is 140 Å². The summed E-state index contributed by atoms with van der Waals surface area (Å²) in [4.78, 5) is 1.74. The minimum atomic E-state index is 0.0967. The lowest BCUT2D eigenvalue weighted by molar-refractivity contribution is 0.0889. The van der Waals surface area contributed by atoms with Crippen molar-refractivity contribution >= 4 is 10.9 Å². The van der Waals surface area contributed by atoms with Gasteiger partial charge < -0.3 is 9.47 Å². The number of aromatic amines is 1. The lowest BCUT2D eigenvalue weighted by Crippen LogP contribution is -2.16. The first-order chi connectivity index (χ1) is 11.7. The summed E-state index contributed by atoms with van der Waals surface area (Å²) in [5.74, 6) is 0.827. The van der Waals surface area contributed by atoms with Crippen LogP contribution in [0.1, 0.15) is 32.7 Å². The lowest BCUT2D eigenvalue weighted by atomic mass is 10.1. The number of benzene rings is 1. The van der Waals surface area contributed by atoms with Crippen molar-refractivity contribution < 1.29 is 9.47 Å². The second kappa shape index (κ2) is 6.24. The van der Waals surface area contributed by atoms with E-state index in [-0.39, 0.29) is 12.1 Å². The number of H-pyrrole nitrogens is 1. The summed E-state index contributed by atoms with van der Waals surface area (Å²) >= 11 is 0. The monoisotopic (exact) mass is 327 g/mol. The number of nitrogens with zero attached hydrogens (tertiary/aromatic N) is 4. The van der Waals surface area contributed by atoms with E-state index in [0.717, 1.165) is 40.9 Å². The molecule has 1 aromatic carbocycles. The van der Waals surface area contributed by atoms with Crippen LogP contribution in [-0.4, -0.2) is 44.5 Å². The van der Waals surface area contributed by atoms with E-state index < -0.39 is 0 Å². The average Bonchev–Trinajstić information content (AvgIpc) is 3.19. The topological polar surface area (TPSA) is 77.9 Å². The normalized spacial score (nSPS) is 22.1. The fourth-order valence-electron chi connectivity index (χ4n) is 2.87. The van der Waals surface area contributed by atoms with Gasteiger partial charge in [0.2, 0.25) is 0 Å². The van der Waals surface area contributed by atoms with E-state index in [4.69, 9.17) is 9.47 Å². The third kappa shape index (κ3) is 2.87. The first-order valence-electron chi connectivity index (χ1n) is 8.35. The third-order valence-corrected chi connectivity index (χ3v) is 4.37. The van der Waals surface area contributed by atoms with E-state index in [2.05, 4.69) is 34.2 Å². The van der Waals surface area contributed by atoms with Gasteiger partial charge in [-0.1, -0.05) is 0 Å². The Kier molecular flexibility index (Phi) is 3.93. The maximum Gasteiger partial charge on any atom is 0.133 e. The van der Waals surface area contributed by atoms with Gasteiger partial charge in [0.25, 0.3) is 0 Å². The molecule has 0 saturated carbocycles. The van der Waals surface area contributed by atoms with Crippen LogP contribution in [0.4, 0.5) is 0 Å². The number of nitrogens with one attached hydrogen (secondary N) is 1. The summed E-state index contributed by atoms with van der Waals surface area (Å²) in [6.07, 6.45) is 3.58. The zero-order valence-corrected chi connectivity index (χ0v) is 13.9. The molecule has 2 atom stereocenters.